The van der Waals surface area contributed by atoms with Crippen molar-refractivity contribution < 1.29 is 0 Å². The molecule has 0 rings (SSSR count). The lowest BCUT2D eigenvalue weighted by Crippen LogP contribution is -2.15. The predicted octanol–water partition coefficient (Wildman–Crippen LogP) is 2.39. The Morgan fingerprint density at radius 1 is 1.29 bits per heavy atom. The van der Waals surface area contributed by atoms with Gasteiger partial charge in [0.1, 0.15) is 5.82 Å². The molecule has 0 aromatic heterocycles. The van der Waals surface area contributed by atoms with Gasteiger partial charge in [0, 0.05) is 6.54 Å². The number of hydrogen-bond acceptors (Lipinski definition) is 2. The van der Waals surface area contributed by atoms with E-state index in [1.54, 1.807) is 6.92 Å². The van der Waals surface area contributed by atoms with Crippen molar-refractivity contribution in [3.05, 3.63) is 12.4 Å². The fraction of sp³-hybridized carbons (Fsp3) is 0.727. The van der Waals surface area contributed by atoms with Crippen LogP contribution in [0.15, 0.2) is 17.4 Å². The highest BCUT2D eigenvalue weighted by molar-refractivity contribution is 5.78. The topological polar surface area (TPSA) is 50.4 Å². The molecule has 0 bridgehead atoms. The third-order valence-electron chi connectivity index (χ3n) is 1.92. The van der Waals surface area contributed by atoms with Crippen molar-refractivity contribution in [1.82, 2.24) is 5.32 Å². The molecule has 0 aliphatic rings. The van der Waals surface area contributed by atoms with Crippen LogP contribution in [0.2, 0.25) is 0 Å². The van der Waals surface area contributed by atoms with Crippen LogP contribution in [0.5, 0.6) is 0 Å². The molecule has 0 aliphatic heterocycles. The number of hydrogen-bond donors (Lipinski definition) is 2. The van der Waals surface area contributed by atoms with E-state index in [-0.39, 0.29) is 0 Å². The Hall–Kier alpha value is -0.990. The molecule has 3 heteroatoms. The average molecular weight is 197 g/mol. The highest BCUT2D eigenvalue weighted by Gasteiger charge is 1.91. The second-order valence-electron chi connectivity index (χ2n) is 3.54. The Kier molecular flexibility index (Phi) is 7.99. The smallest absolute Gasteiger partial charge is 0.120 e. The van der Waals surface area contributed by atoms with Crippen LogP contribution in [0.25, 0.3) is 0 Å². The molecule has 0 unspecified atom stereocenters. The van der Waals surface area contributed by atoms with E-state index in [4.69, 9.17) is 5.73 Å². The number of nitrogens with zero attached hydrogens (tertiary/aromatic N) is 1. The molecule has 0 saturated heterocycles. The zero-order chi connectivity index (χ0) is 10.8. The molecule has 0 fully saturated rings. The minimum Gasteiger partial charge on any atom is -0.387 e. The van der Waals surface area contributed by atoms with E-state index in [1.807, 2.05) is 0 Å². The van der Waals surface area contributed by atoms with Gasteiger partial charge in [0.15, 0.2) is 0 Å². The van der Waals surface area contributed by atoms with E-state index in [9.17, 15) is 0 Å². The maximum atomic E-state index is 5.41. The summed E-state index contributed by atoms with van der Waals surface area (Å²) in [5, 5.41) is 3.13. The Bertz CT molecular complexity index is 181. The molecule has 14 heavy (non-hydrogen) atoms. The highest BCUT2D eigenvalue weighted by atomic mass is 15.0. The van der Waals surface area contributed by atoms with Crippen molar-refractivity contribution >= 4 is 5.84 Å². The van der Waals surface area contributed by atoms with Gasteiger partial charge in [-0.15, -0.1) is 0 Å². The minimum absolute atomic E-state index is 0.550. The maximum absolute atomic E-state index is 5.41. The number of unbranched alkanes of at least 4 members (excludes halogenated alkanes) is 4. The monoisotopic (exact) mass is 197 g/mol. The molecule has 0 aromatic carbocycles. The zero-order valence-corrected chi connectivity index (χ0v) is 9.47. The van der Waals surface area contributed by atoms with Gasteiger partial charge in [-0.2, -0.15) is 0 Å². The molecule has 0 aromatic rings. The average Bonchev–Trinajstić information content (AvgIpc) is 2.10. The summed E-state index contributed by atoms with van der Waals surface area (Å²) in [6, 6.07) is 0. The van der Waals surface area contributed by atoms with Crippen molar-refractivity contribution in [3.63, 3.8) is 0 Å². The molecular weight excluding hydrogens is 174 g/mol. The predicted molar refractivity (Wildman–Crippen MR) is 63.2 cm³/mol. The number of aliphatic imine (C=N–C) groups is 1. The number of amidine groups is 1. The SMILES string of the molecule is C=C(/N=C(/C)N)NCCCCCCC. The first-order valence-electron chi connectivity index (χ1n) is 5.40. The second kappa shape index (κ2) is 8.60. The van der Waals surface area contributed by atoms with Crippen molar-refractivity contribution in [3.8, 4) is 0 Å². The Morgan fingerprint density at radius 3 is 2.50 bits per heavy atom. The third-order valence-corrected chi connectivity index (χ3v) is 1.92. The van der Waals surface area contributed by atoms with E-state index in [0.717, 1.165) is 6.54 Å². The first kappa shape index (κ1) is 13.0. The van der Waals surface area contributed by atoms with Gasteiger partial charge in [0.25, 0.3) is 0 Å². The summed E-state index contributed by atoms with van der Waals surface area (Å²) in [5.74, 6) is 1.22. The van der Waals surface area contributed by atoms with Gasteiger partial charge < -0.3 is 11.1 Å². The van der Waals surface area contributed by atoms with Gasteiger partial charge in [0.05, 0.1) is 5.84 Å². The fourth-order valence-electron chi connectivity index (χ4n) is 1.21. The van der Waals surface area contributed by atoms with Gasteiger partial charge in [-0.3, -0.25) is 0 Å². The molecule has 3 nitrogen and oxygen atoms in total. The summed E-state index contributed by atoms with van der Waals surface area (Å²) < 4.78 is 0. The lowest BCUT2D eigenvalue weighted by molar-refractivity contribution is 0.610. The van der Waals surface area contributed by atoms with Crippen LogP contribution in [0.3, 0.4) is 0 Å². The molecule has 0 amide bonds. The summed E-state index contributed by atoms with van der Waals surface area (Å²) in [4.78, 5) is 4.00. The molecule has 82 valence electrons. The number of nitrogens with two attached hydrogens (primary N) is 1. The molecule has 3 N–H and O–H groups in total. The Balaban J connectivity index is 3.28. The maximum Gasteiger partial charge on any atom is 0.120 e. The van der Waals surface area contributed by atoms with Crippen molar-refractivity contribution in [2.24, 2.45) is 10.7 Å². The van der Waals surface area contributed by atoms with Crippen LogP contribution in [-0.2, 0) is 0 Å². The van der Waals surface area contributed by atoms with E-state index >= 15 is 0 Å². The van der Waals surface area contributed by atoms with Gasteiger partial charge in [-0.25, -0.2) is 4.99 Å². The summed E-state index contributed by atoms with van der Waals surface area (Å²) in [5.41, 5.74) is 5.41. The molecule has 0 spiro atoms. The minimum atomic E-state index is 0.550. The lowest BCUT2D eigenvalue weighted by atomic mass is 10.1. The van der Waals surface area contributed by atoms with Gasteiger partial charge in [-0.1, -0.05) is 39.2 Å². The zero-order valence-electron chi connectivity index (χ0n) is 9.47. The van der Waals surface area contributed by atoms with E-state index < -0.39 is 0 Å². The quantitative estimate of drug-likeness (QED) is 0.356. The molecular formula is C11H23N3. The summed E-state index contributed by atoms with van der Waals surface area (Å²) >= 11 is 0. The van der Waals surface area contributed by atoms with Crippen LogP contribution < -0.4 is 11.1 Å². The third kappa shape index (κ3) is 9.10. The van der Waals surface area contributed by atoms with Gasteiger partial charge in [-0.05, 0) is 13.3 Å². The summed E-state index contributed by atoms with van der Waals surface area (Å²) in [7, 11) is 0. The number of nitrogens with one attached hydrogen (secondary N) is 1. The largest absolute Gasteiger partial charge is 0.387 e. The molecule has 0 aliphatic carbocycles. The summed E-state index contributed by atoms with van der Waals surface area (Å²) in [6.07, 6.45) is 6.40. The lowest BCUT2D eigenvalue weighted by Gasteiger charge is -2.05. The van der Waals surface area contributed by atoms with Gasteiger partial charge >= 0.3 is 0 Å². The van der Waals surface area contributed by atoms with E-state index in [2.05, 4.69) is 23.8 Å². The van der Waals surface area contributed by atoms with Gasteiger partial charge in [0.2, 0.25) is 0 Å². The van der Waals surface area contributed by atoms with Crippen LogP contribution in [-0.4, -0.2) is 12.4 Å². The van der Waals surface area contributed by atoms with Crippen LogP contribution in [0.4, 0.5) is 0 Å². The number of rotatable bonds is 8. The van der Waals surface area contributed by atoms with Crippen molar-refractivity contribution in [2.45, 2.75) is 46.0 Å². The molecule has 0 heterocycles. The first-order valence-corrected chi connectivity index (χ1v) is 5.40. The molecule has 0 atom stereocenters. The molecule has 0 radical (unpaired) electrons. The van der Waals surface area contributed by atoms with E-state index in [0.29, 0.717) is 11.7 Å². The van der Waals surface area contributed by atoms with Crippen LogP contribution in [0.1, 0.15) is 46.0 Å². The Labute approximate surface area is 87.5 Å². The van der Waals surface area contributed by atoms with Crippen LogP contribution >= 0.6 is 0 Å². The first-order chi connectivity index (χ1) is 6.66. The second-order valence-corrected chi connectivity index (χ2v) is 3.54. The summed E-state index contributed by atoms with van der Waals surface area (Å²) in [6.45, 7) is 8.67. The van der Waals surface area contributed by atoms with Crippen LogP contribution in [0, 0.1) is 0 Å². The van der Waals surface area contributed by atoms with E-state index in [1.165, 1.54) is 32.1 Å². The molecule has 0 saturated carbocycles. The highest BCUT2D eigenvalue weighted by Crippen LogP contribution is 2.01. The fourth-order valence-corrected chi connectivity index (χ4v) is 1.21. The van der Waals surface area contributed by atoms with Crippen molar-refractivity contribution in [1.29, 1.82) is 0 Å². The normalized spacial score (nSPS) is 11.4. The Morgan fingerprint density at radius 2 is 1.93 bits per heavy atom. The van der Waals surface area contributed by atoms with Crippen molar-refractivity contribution in [2.75, 3.05) is 6.54 Å². The standard InChI is InChI=1S/C11H23N3/c1-4-5-6-7-8-9-13-11(3)14-10(2)12/h13H,3-9H2,1-2H3,(H2,12,14).